The summed E-state index contributed by atoms with van der Waals surface area (Å²) < 4.78 is 4.78. The van der Waals surface area contributed by atoms with E-state index in [4.69, 9.17) is 4.74 Å². The van der Waals surface area contributed by atoms with Crippen LogP contribution in [0.1, 0.15) is 46.0 Å². The highest BCUT2D eigenvalue weighted by Crippen LogP contribution is 2.28. The monoisotopic (exact) mass is 310 g/mol. The fourth-order valence-corrected chi connectivity index (χ4v) is 3.33. The topological polar surface area (TPSA) is 84.5 Å². The van der Waals surface area contributed by atoms with Crippen LogP contribution < -0.4 is 10.6 Å². The third-order valence-electron chi connectivity index (χ3n) is 4.65. The van der Waals surface area contributed by atoms with Crippen molar-refractivity contribution >= 4 is 17.7 Å². The van der Waals surface area contributed by atoms with Gasteiger partial charge in [-0.1, -0.05) is 13.8 Å². The van der Waals surface area contributed by atoms with Crippen LogP contribution in [0, 0.1) is 11.3 Å². The molecule has 3 atom stereocenters. The molecule has 2 fully saturated rings. The maximum absolute atomic E-state index is 12.4. The van der Waals surface area contributed by atoms with Gasteiger partial charge in [0.25, 0.3) is 0 Å². The van der Waals surface area contributed by atoms with Crippen LogP contribution in [0.3, 0.4) is 0 Å². The van der Waals surface area contributed by atoms with E-state index in [-0.39, 0.29) is 29.1 Å². The van der Waals surface area contributed by atoms with Gasteiger partial charge in [0.15, 0.2) is 0 Å². The largest absolute Gasteiger partial charge is 0.467 e. The molecule has 0 aromatic rings. The lowest BCUT2D eigenvalue weighted by Gasteiger charge is -2.21. The van der Waals surface area contributed by atoms with Crippen LogP contribution in [0.2, 0.25) is 0 Å². The number of methoxy groups -OCH3 is 1. The lowest BCUT2D eigenvalue weighted by atomic mass is 9.90. The van der Waals surface area contributed by atoms with Crippen molar-refractivity contribution in [3.63, 3.8) is 0 Å². The molecule has 2 aliphatic rings. The number of ketones is 1. The van der Waals surface area contributed by atoms with Crippen molar-refractivity contribution in [1.29, 1.82) is 0 Å². The lowest BCUT2D eigenvalue weighted by Crippen LogP contribution is -2.49. The number of nitrogens with one attached hydrogen (secondary N) is 2. The van der Waals surface area contributed by atoms with E-state index >= 15 is 0 Å². The van der Waals surface area contributed by atoms with E-state index in [1.54, 1.807) is 0 Å². The number of hydrogen-bond donors (Lipinski definition) is 2. The Bertz CT molecular complexity index is 461. The quantitative estimate of drug-likeness (QED) is 0.734. The second-order valence-electron chi connectivity index (χ2n) is 7.18. The van der Waals surface area contributed by atoms with Crippen LogP contribution in [-0.2, 0) is 19.1 Å². The van der Waals surface area contributed by atoms with Gasteiger partial charge in [0.1, 0.15) is 11.8 Å². The first kappa shape index (κ1) is 16.9. The van der Waals surface area contributed by atoms with E-state index in [0.29, 0.717) is 12.8 Å². The van der Waals surface area contributed by atoms with Gasteiger partial charge in [-0.15, -0.1) is 0 Å². The van der Waals surface area contributed by atoms with Crippen LogP contribution in [0.4, 0.5) is 0 Å². The van der Waals surface area contributed by atoms with Crippen molar-refractivity contribution in [2.24, 2.45) is 11.3 Å². The van der Waals surface area contributed by atoms with Gasteiger partial charge in [-0.05, 0) is 31.1 Å². The first-order chi connectivity index (χ1) is 10.3. The van der Waals surface area contributed by atoms with Gasteiger partial charge < -0.3 is 15.4 Å². The number of Topliss-reactive ketones (excluding diaryl/α,β-unsaturated/α-hetero) is 1. The Hall–Kier alpha value is -1.43. The highest BCUT2D eigenvalue weighted by Gasteiger charge is 2.37. The first-order valence-corrected chi connectivity index (χ1v) is 7.97. The summed E-state index contributed by atoms with van der Waals surface area (Å²) in [5, 5.41) is 5.95. The van der Waals surface area contributed by atoms with Gasteiger partial charge in [-0.25, -0.2) is 4.79 Å². The number of esters is 1. The Morgan fingerprint density at radius 1 is 1.45 bits per heavy atom. The van der Waals surface area contributed by atoms with E-state index in [0.717, 1.165) is 25.8 Å². The van der Waals surface area contributed by atoms with Crippen LogP contribution >= 0.6 is 0 Å². The summed E-state index contributed by atoms with van der Waals surface area (Å²) in [4.78, 5) is 36.0. The normalized spacial score (nSPS) is 28.4. The molecule has 6 nitrogen and oxygen atoms in total. The number of carbonyl (C=O) groups is 3. The molecule has 0 aromatic heterocycles. The average Bonchev–Trinajstić information content (AvgIpc) is 3.03. The molecule has 0 bridgehead atoms. The molecule has 0 aromatic carbocycles. The molecule has 0 spiro atoms. The lowest BCUT2D eigenvalue weighted by molar-refractivity contribution is -0.146. The molecule has 2 N–H and O–H groups in total. The van der Waals surface area contributed by atoms with Gasteiger partial charge in [-0.2, -0.15) is 0 Å². The molecular formula is C16H26N2O4. The van der Waals surface area contributed by atoms with Crippen LogP contribution in [0.5, 0.6) is 0 Å². The zero-order valence-corrected chi connectivity index (χ0v) is 13.6. The highest BCUT2D eigenvalue weighted by molar-refractivity contribution is 5.89. The van der Waals surface area contributed by atoms with E-state index in [1.807, 2.05) is 0 Å². The summed E-state index contributed by atoms with van der Waals surface area (Å²) in [6, 6.07) is -1.03. The van der Waals surface area contributed by atoms with E-state index in [1.165, 1.54) is 7.11 Å². The number of carbonyl (C=O) groups excluding carboxylic acids is 3. The number of hydrogen-bond acceptors (Lipinski definition) is 5. The highest BCUT2D eigenvalue weighted by atomic mass is 16.5. The van der Waals surface area contributed by atoms with Crippen LogP contribution in [-0.4, -0.2) is 43.4 Å². The molecule has 0 radical (unpaired) electrons. The Morgan fingerprint density at radius 3 is 2.68 bits per heavy atom. The number of ether oxygens (including phenoxy) is 1. The molecular weight excluding hydrogens is 284 g/mol. The third-order valence-corrected chi connectivity index (χ3v) is 4.65. The summed E-state index contributed by atoms with van der Waals surface area (Å²) in [6.07, 6.45) is 3.30. The predicted octanol–water partition coefficient (Wildman–Crippen LogP) is 0.792. The third kappa shape index (κ3) is 4.06. The molecule has 1 saturated heterocycles. The SMILES string of the molecule is COC(=O)[C@H](C[C@@H]1CCCC1=O)NC(=O)[C@@H]1CC(C)(C)CN1. The van der Waals surface area contributed by atoms with Crippen molar-refractivity contribution in [2.75, 3.05) is 13.7 Å². The molecule has 2 rings (SSSR count). The molecule has 124 valence electrons. The minimum atomic E-state index is -0.741. The Labute approximate surface area is 131 Å². The molecule has 1 aliphatic heterocycles. The Balaban J connectivity index is 1.96. The second-order valence-corrected chi connectivity index (χ2v) is 7.18. The van der Waals surface area contributed by atoms with Gasteiger partial charge in [0.05, 0.1) is 13.2 Å². The zero-order chi connectivity index (χ0) is 16.3. The maximum Gasteiger partial charge on any atom is 0.328 e. The smallest absolute Gasteiger partial charge is 0.328 e. The fourth-order valence-electron chi connectivity index (χ4n) is 3.33. The van der Waals surface area contributed by atoms with E-state index < -0.39 is 12.0 Å². The molecule has 1 heterocycles. The standard InChI is InChI=1S/C16H26N2O4/c1-16(2)8-12(17-9-16)14(20)18-11(15(21)22-3)7-10-5-4-6-13(10)19/h10-12,17H,4-9H2,1-3H3,(H,18,20)/t10-,11-,12-/m0/s1. The molecule has 1 aliphatic carbocycles. The number of amides is 1. The minimum Gasteiger partial charge on any atom is -0.467 e. The van der Waals surface area contributed by atoms with Gasteiger partial charge in [-0.3, -0.25) is 9.59 Å². The van der Waals surface area contributed by atoms with Crippen LogP contribution in [0.25, 0.3) is 0 Å². The summed E-state index contributed by atoms with van der Waals surface area (Å²) >= 11 is 0. The Kier molecular flexibility index (Phi) is 5.21. The fraction of sp³-hybridized carbons (Fsp3) is 0.812. The van der Waals surface area contributed by atoms with Gasteiger partial charge in [0.2, 0.25) is 5.91 Å². The molecule has 1 amide bonds. The van der Waals surface area contributed by atoms with Crippen LogP contribution in [0.15, 0.2) is 0 Å². The summed E-state index contributed by atoms with van der Waals surface area (Å²) in [6.45, 7) is 4.97. The van der Waals surface area contributed by atoms with E-state index in [2.05, 4.69) is 24.5 Å². The summed E-state index contributed by atoms with van der Waals surface area (Å²) in [5.74, 6) is -0.627. The van der Waals surface area contributed by atoms with Crippen molar-refractivity contribution < 1.29 is 19.1 Å². The van der Waals surface area contributed by atoms with Crippen molar-refractivity contribution in [1.82, 2.24) is 10.6 Å². The molecule has 0 unspecified atom stereocenters. The molecule has 22 heavy (non-hydrogen) atoms. The van der Waals surface area contributed by atoms with Gasteiger partial charge >= 0.3 is 5.97 Å². The number of rotatable bonds is 5. The summed E-state index contributed by atoms with van der Waals surface area (Å²) in [5.41, 5.74) is 0.0736. The van der Waals surface area contributed by atoms with E-state index in [9.17, 15) is 14.4 Å². The first-order valence-electron chi connectivity index (χ1n) is 7.97. The summed E-state index contributed by atoms with van der Waals surface area (Å²) in [7, 11) is 1.30. The van der Waals surface area contributed by atoms with Gasteiger partial charge in [0, 0.05) is 18.9 Å². The van der Waals surface area contributed by atoms with Crippen molar-refractivity contribution in [3.8, 4) is 0 Å². The zero-order valence-electron chi connectivity index (χ0n) is 13.6. The molecule has 6 heteroatoms. The maximum atomic E-state index is 12.4. The predicted molar refractivity (Wildman–Crippen MR) is 81.1 cm³/mol. The van der Waals surface area contributed by atoms with Crippen molar-refractivity contribution in [2.45, 2.75) is 58.0 Å². The van der Waals surface area contributed by atoms with Crippen molar-refractivity contribution in [3.05, 3.63) is 0 Å². The average molecular weight is 310 g/mol. The molecule has 1 saturated carbocycles. The second kappa shape index (κ2) is 6.77. The minimum absolute atomic E-state index is 0.0736. The Morgan fingerprint density at radius 2 is 2.18 bits per heavy atom.